The number of quaternary nitrogens is 1. The molecule has 1 saturated carbocycles. The van der Waals surface area contributed by atoms with E-state index < -0.39 is 5.97 Å². The summed E-state index contributed by atoms with van der Waals surface area (Å²) in [6.07, 6.45) is 4.76. The van der Waals surface area contributed by atoms with E-state index in [0.717, 1.165) is 23.1 Å². The minimum Gasteiger partial charge on any atom is -0.490 e. The fraction of sp³-hybridized carbons (Fsp3) is 0.562. The van der Waals surface area contributed by atoms with Crippen LogP contribution in [0.1, 0.15) is 36.0 Å². The molecular formula is C16H24NO3+. The quantitative estimate of drug-likeness (QED) is 0.861. The second kappa shape index (κ2) is 5.83. The van der Waals surface area contributed by atoms with Gasteiger partial charge in [-0.2, -0.15) is 0 Å². The van der Waals surface area contributed by atoms with Crippen molar-refractivity contribution in [3.63, 3.8) is 0 Å². The van der Waals surface area contributed by atoms with Crippen LogP contribution >= 0.6 is 0 Å². The van der Waals surface area contributed by atoms with Gasteiger partial charge in [-0.3, -0.25) is 0 Å². The monoisotopic (exact) mass is 278 g/mol. The van der Waals surface area contributed by atoms with Crippen LogP contribution in [0.3, 0.4) is 0 Å². The van der Waals surface area contributed by atoms with Gasteiger partial charge in [-0.05, 0) is 37.1 Å². The molecular weight excluding hydrogens is 254 g/mol. The summed E-state index contributed by atoms with van der Waals surface area (Å²) >= 11 is 0. The Kier molecular flexibility index (Phi) is 4.33. The first-order valence-electron chi connectivity index (χ1n) is 7.17. The lowest BCUT2D eigenvalue weighted by Crippen LogP contribution is -2.47. The van der Waals surface area contributed by atoms with E-state index >= 15 is 0 Å². The number of carboxylic acid groups (broad SMARTS) is 1. The van der Waals surface area contributed by atoms with Gasteiger partial charge in [0, 0.05) is 12.8 Å². The Balaban J connectivity index is 1.88. The highest BCUT2D eigenvalue weighted by molar-refractivity contribution is 5.87. The minimum absolute atomic E-state index is 0.258. The van der Waals surface area contributed by atoms with Gasteiger partial charge in [0.05, 0.1) is 38.9 Å². The standard InChI is InChI=1S/C16H23NO3/c1-17(2,3)13-6-10-15(11-7-13)20-14-8-4-12(5-9-14)16(18)19/h4-5,8-9,13,15H,6-7,10-11H2,1-3H3/p+1/t13-,15+. The summed E-state index contributed by atoms with van der Waals surface area (Å²) in [5, 5.41) is 8.86. The van der Waals surface area contributed by atoms with Gasteiger partial charge in [0.1, 0.15) is 5.75 Å². The summed E-state index contributed by atoms with van der Waals surface area (Å²) in [4.78, 5) is 10.8. The van der Waals surface area contributed by atoms with Crippen LogP contribution in [0.15, 0.2) is 24.3 Å². The molecule has 0 amide bonds. The molecule has 0 spiro atoms. The summed E-state index contributed by atoms with van der Waals surface area (Å²) in [6.45, 7) is 0. The molecule has 1 aliphatic carbocycles. The summed E-state index contributed by atoms with van der Waals surface area (Å²) in [5.74, 6) is -0.135. The number of benzene rings is 1. The van der Waals surface area contributed by atoms with Crippen LogP contribution in [0.25, 0.3) is 0 Å². The van der Waals surface area contributed by atoms with E-state index in [0.29, 0.717) is 11.6 Å². The molecule has 0 saturated heterocycles. The molecule has 0 atom stereocenters. The zero-order chi connectivity index (χ0) is 14.8. The maximum absolute atomic E-state index is 10.8. The van der Waals surface area contributed by atoms with Gasteiger partial charge in [-0.25, -0.2) is 4.79 Å². The molecule has 4 nitrogen and oxygen atoms in total. The van der Waals surface area contributed by atoms with Crippen LogP contribution in [-0.2, 0) is 0 Å². The molecule has 0 aromatic heterocycles. The zero-order valence-electron chi connectivity index (χ0n) is 12.5. The predicted octanol–water partition coefficient (Wildman–Crippen LogP) is 2.78. The molecule has 110 valence electrons. The summed E-state index contributed by atoms with van der Waals surface area (Å²) in [6, 6.07) is 7.39. The minimum atomic E-state index is -0.903. The number of aromatic carboxylic acids is 1. The Morgan fingerprint density at radius 2 is 1.65 bits per heavy atom. The fourth-order valence-corrected chi connectivity index (χ4v) is 2.81. The Labute approximate surface area is 120 Å². The van der Waals surface area contributed by atoms with Crippen molar-refractivity contribution in [2.45, 2.75) is 37.8 Å². The largest absolute Gasteiger partial charge is 0.490 e. The maximum atomic E-state index is 10.8. The van der Waals surface area contributed by atoms with Crippen molar-refractivity contribution in [1.82, 2.24) is 0 Å². The number of hydrogen-bond acceptors (Lipinski definition) is 2. The van der Waals surface area contributed by atoms with Crippen molar-refractivity contribution in [1.29, 1.82) is 0 Å². The van der Waals surface area contributed by atoms with Gasteiger partial charge in [0.25, 0.3) is 0 Å². The lowest BCUT2D eigenvalue weighted by Gasteiger charge is -2.38. The highest BCUT2D eigenvalue weighted by Crippen LogP contribution is 2.28. The van der Waals surface area contributed by atoms with Gasteiger partial charge in [0.15, 0.2) is 0 Å². The lowest BCUT2D eigenvalue weighted by molar-refractivity contribution is -0.897. The molecule has 20 heavy (non-hydrogen) atoms. The maximum Gasteiger partial charge on any atom is 0.335 e. The number of carbonyl (C=O) groups is 1. The SMILES string of the molecule is C[N+](C)(C)[C@H]1CC[C@@H](Oc2ccc(C(=O)O)cc2)CC1. The van der Waals surface area contributed by atoms with Crippen LogP contribution in [-0.4, -0.2) is 48.8 Å². The van der Waals surface area contributed by atoms with E-state index in [9.17, 15) is 4.79 Å². The summed E-state index contributed by atoms with van der Waals surface area (Å²) < 4.78 is 6.97. The number of rotatable bonds is 4. The summed E-state index contributed by atoms with van der Waals surface area (Å²) in [5.41, 5.74) is 0.297. The molecule has 1 fully saturated rings. The molecule has 0 aliphatic heterocycles. The third-order valence-electron chi connectivity index (χ3n) is 4.14. The molecule has 0 unspecified atom stereocenters. The van der Waals surface area contributed by atoms with Crippen LogP contribution < -0.4 is 4.74 Å². The van der Waals surface area contributed by atoms with Gasteiger partial charge >= 0.3 is 5.97 Å². The molecule has 2 rings (SSSR count). The van der Waals surface area contributed by atoms with Crippen LogP contribution in [0.5, 0.6) is 5.75 Å². The van der Waals surface area contributed by atoms with Gasteiger partial charge < -0.3 is 14.3 Å². The van der Waals surface area contributed by atoms with Gasteiger partial charge in [-0.15, -0.1) is 0 Å². The molecule has 4 heteroatoms. The Morgan fingerprint density at radius 3 is 2.10 bits per heavy atom. The van der Waals surface area contributed by atoms with E-state index in [-0.39, 0.29) is 6.10 Å². The number of hydrogen-bond donors (Lipinski definition) is 1. The fourth-order valence-electron chi connectivity index (χ4n) is 2.81. The molecule has 1 aliphatic rings. The number of nitrogens with zero attached hydrogens (tertiary/aromatic N) is 1. The molecule has 0 bridgehead atoms. The first-order chi connectivity index (χ1) is 9.36. The van der Waals surface area contributed by atoms with E-state index in [1.165, 1.54) is 12.8 Å². The second-order valence-corrected chi connectivity index (χ2v) is 6.49. The lowest BCUT2D eigenvalue weighted by atomic mass is 9.91. The summed E-state index contributed by atoms with van der Waals surface area (Å²) in [7, 11) is 6.74. The van der Waals surface area contributed by atoms with Crippen molar-refractivity contribution < 1.29 is 19.1 Å². The number of ether oxygens (including phenoxy) is 1. The zero-order valence-corrected chi connectivity index (χ0v) is 12.5. The van der Waals surface area contributed by atoms with E-state index in [4.69, 9.17) is 9.84 Å². The van der Waals surface area contributed by atoms with Gasteiger partial charge in [-0.1, -0.05) is 0 Å². The molecule has 0 radical (unpaired) electrons. The van der Waals surface area contributed by atoms with Gasteiger partial charge in [0.2, 0.25) is 0 Å². The Hall–Kier alpha value is -1.55. The Morgan fingerprint density at radius 1 is 1.10 bits per heavy atom. The predicted molar refractivity (Wildman–Crippen MR) is 78.1 cm³/mol. The average Bonchev–Trinajstić information content (AvgIpc) is 2.39. The number of carboxylic acids is 1. The van der Waals surface area contributed by atoms with Crippen molar-refractivity contribution >= 4 is 5.97 Å². The molecule has 1 aromatic carbocycles. The molecule has 0 heterocycles. The van der Waals surface area contributed by atoms with Crippen LogP contribution in [0.2, 0.25) is 0 Å². The average molecular weight is 278 g/mol. The molecule has 1 N–H and O–H groups in total. The van der Waals surface area contributed by atoms with Crippen molar-refractivity contribution in [3.8, 4) is 5.75 Å². The van der Waals surface area contributed by atoms with Crippen LogP contribution in [0.4, 0.5) is 0 Å². The smallest absolute Gasteiger partial charge is 0.335 e. The van der Waals surface area contributed by atoms with E-state index in [2.05, 4.69) is 21.1 Å². The first kappa shape index (κ1) is 14.9. The highest BCUT2D eigenvalue weighted by Gasteiger charge is 2.30. The van der Waals surface area contributed by atoms with E-state index in [1.54, 1.807) is 24.3 Å². The highest BCUT2D eigenvalue weighted by atomic mass is 16.5. The van der Waals surface area contributed by atoms with Crippen molar-refractivity contribution in [2.24, 2.45) is 0 Å². The topological polar surface area (TPSA) is 46.5 Å². The molecule has 1 aromatic rings. The van der Waals surface area contributed by atoms with E-state index in [1.807, 2.05) is 0 Å². The van der Waals surface area contributed by atoms with Crippen LogP contribution in [0, 0.1) is 0 Å². The third-order valence-corrected chi connectivity index (χ3v) is 4.14. The Bertz CT molecular complexity index is 454. The van der Waals surface area contributed by atoms with Crippen molar-refractivity contribution in [2.75, 3.05) is 21.1 Å². The first-order valence-corrected chi connectivity index (χ1v) is 7.17. The van der Waals surface area contributed by atoms with Crippen molar-refractivity contribution in [3.05, 3.63) is 29.8 Å². The third kappa shape index (κ3) is 3.73. The normalized spacial score (nSPS) is 23.4. The second-order valence-electron chi connectivity index (χ2n) is 6.49.